The van der Waals surface area contributed by atoms with Gasteiger partial charge in [-0.15, -0.1) is 0 Å². The molecule has 0 fully saturated rings. The summed E-state index contributed by atoms with van der Waals surface area (Å²) in [5, 5.41) is 10.9. The van der Waals surface area contributed by atoms with Gasteiger partial charge in [0.1, 0.15) is 5.70 Å². The van der Waals surface area contributed by atoms with Crippen LogP contribution >= 0.6 is 0 Å². The first-order chi connectivity index (χ1) is 5.34. The van der Waals surface area contributed by atoms with Gasteiger partial charge >= 0.3 is 0 Å². The monoisotopic (exact) mass is 152 g/mol. The molecule has 58 valence electrons. The number of rotatable bonds is 1. The van der Waals surface area contributed by atoms with Crippen molar-refractivity contribution in [2.24, 2.45) is 0 Å². The van der Waals surface area contributed by atoms with Gasteiger partial charge in [0.15, 0.2) is 0 Å². The van der Waals surface area contributed by atoms with Gasteiger partial charge in [-0.05, 0) is 12.2 Å². The normalized spacial score (nSPS) is 14.8. The van der Waals surface area contributed by atoms with Crippen molar-refractivity contribution in [3.63, 3.8) is 0 Å². The fourth-order valence-electron chi connectivity index (χ4n) is 0.659. The van der Waals surface area contributed by atoms with Gasteiger partial charge in [-0.1, -0.05) is 12.2 Å². The first-order valence-corrected chi connectivity index (χ1v) is 3.09. The first-order valence-electron chi connectivity index (χ1n) is 3.09. The molecule has 1 heterocycles. The summed E-state index contributed by atoms with van der Waals surface area (Å²) in [6.07, 6.45) is 8.37. The minimum Gasteiger partial charge on any atom is -0.357 e. The highest BCUT2D eigenvalue weighted by atomic mass is 16.5. The van der Waals surface area contributed by atoms with E-state index in [1.165, 1.54) is 5.48 Å². The zero-order valence-corrected chi connectivity index (χ0v) is 5.74. The number of hydrogen-bond donors (Lipinski definition) is 3. The van der Waals surface area contributed by atoms with Crippen molar-refractivity contribution in [3.8, 4) is 0 Å². The van der Waals surface area contributed by atoms with E-state index in [0.717, 1.165) is 0 Å². The largest absolute Gasteiger partial charge is 0.357 e. The van der Waals surface area contributed by atoms with Gasteiger partial charge in [-0.3, -0.25) is 10.0 Å². The molecule has 1 aliphatic heterocycles. The van der Waals surface area contributed by atoms with Crippen LogP contribution in [-0.2, 0) is 4.79 Å². The van der Waals surface area contributed by atoms with Crippen molar-refractivity contribution in [2.75, 3.05) is 0 Å². The van der Waals surface area contributed by atoms with E-state index in [0.29, 0.717) is 5.70 Å². The molecule has 0 saturated carbocycles. The Kier molecular flexibility index (Phi) is 2.46. The maximum Gasteiger partial charge on any atom is 0.291 e. The fraction of sp³-hybridized carbons (Fsp3) is 0. The minimum absolute atomic E-state index is 0.303. The van der Waals surface area contributed by atoms with Gasteiger partial charge in [-0.25, -0.2) is 5.48 Å². The number of allylic oxidation sites excluding steroid dienone is 4. The van der Waals surface area contributed by atoms with Crippen LogP contribution in [0.2, 0.25) is 0 Å². The number of carbonyl (C=O) groups excluding carboxylic acids is 1. The SMILES string of the molecule is O=C(NO)C1=CC=CC=CN1. The minimum atomic E-state index is -0.554. The van der Waals surface area contributed by atoms with Crippen LogP contribution in [0, 0.1) is 0 Å². The second-order valence-corrected chi connectivity index (χ2v) is 1.91. The molecule has 0 aromatic carbocycles. The number of carbonyl (C=O) groups is 1. The van der Waals surface area contributed by atoms with Gasteiger partial charge in [0.2, 0.25) is 0 Å². The van der Waals surface area contributed by atoms with Gasteiger partial charge in [0.05, 0.1) is 0 Å². The lowest BCUT2D eigenvalue weighted by molar-refractivity contribution is -0.125. The molecule has 0 atom stereocenters. The molecule has 4 heteroatoms. The first kappa shape index (κ1) is 7.56. The molecule has 0 bridgehead atoms. The lowest BCUT2D eigenvalue weighted by Crippen LogP contribution is -2.26. The highest BCUT2D eigenvalue weighted by Gasteiger charge is 2.04. The fourth-order valence-corrected chi connectivity index (χ4v) is 0.659. The van der Waals surface area contributed by atoms with Crippen molar-refractivity contribution >= 4 is 5.91 Å². The van der Waals surface area contributed by atoms with E-state index < -0.39 is 5.91 Å². The summed E-state index contributed by atoms with van der Waals surface area (Å²) in [5.74, 6) is -0.554. The molecule has 1 aliphatic rings. The predicted molar refractivity (Wildman–Crippen MR) is 39.4 cm³/mol. The standard InChI is InChI=1S/C7H8N2O2/c10-7(9-11)6-4-2-1-3-5-8-6/h1-5,8,11H,(H,9,10). The molecule has 1 rings (SSSR count). The number of nitrogens with one attached hydrogen (secondary N) is 2. The molecule has 0 unspecified atom stereocenters. The molecular weight excluding hydrogens is 144 g/mol. The van der Waals surface area contributed by atoms with Crippen molar-refractivity contribution in [2.45, 2.75) is 0 Å². The maximum atomic E-state index is 10.8. The Bertz CT molecular complexity index is 241. The van der Waals surface area contributed by atoms with Gasteiger partial charge in [0, 0.05) is 6.20 Å². The smallest absolute Gasteiger partial charge is 0.291 e. The van der Waals surface area contributed by atoms with Crippen LogP contribution in [0.1, 0.15) is 0 Å². The lowest BCUT2D eigenvalue weighted by atomic mass is 10.3. The molecule has 0 aromatic heterocycles. The maximum absolute atomic E-state index is 10.8. The summed E-state index contributed by atoms with van der Waals surface area (Å²) < 4.78 is 0. The van der Waals surface area contributed by atoms with Crippen LogP contribution in [0.4, 0.5) is 0 Å². The van der Waals surface area contributed by atoms with Crippen LogP contribution in [0.25, 0.3) is 0 Å². The predicted octanol–water partition coefficient (Wildman–Crippen LogP) is 0.0488. The average Bonchev–Trinajstić information content (AvgIpc) is 2.30. The lowest BCUT2D eigenvalue weighted by Gasteiger charge is -2.01. The topological polar surface area (TPSA) is 61.4 Å². The van der Waals surface area contributed by atoms with Crippen LogP contribution in [0.15, 0.2) is 36.2 Å². The number of amides is 1. The third kappa shape index (κ3) is 1.94. The van der Waals surface area contributed by atoms with Crippen LogP contribution in [0.5, 0.6) is 0 Å². The van der Waals surface area contributed by atoms with E-state index in [1.54, 1.807) is 30.5 Å². The van der Waals surface area contributed by atoms with Gasteiger partial charge in [-0.2, -0.15) is 0 Å². The van der Waals surface area contributed by atoms with Crippen LogP contribution in [0.3, 0.4) is 0 Å². The summed E-state index contributed by atoms with van der Waals surface area (Å²) >= 11 is 0. The van der Waals surface area contributed by atoms with E-state index in [9.17, 15) is 4.79 Å². The highest BCUT2D eigenvalue weighted by molar-refractivity contribution is 5.92. The molecule has 0 saturated heterocycles. The Morgan fingerprint density at radius 1 is 1.45 bits per heavy atom. The van der Waals surface area contributed by atoms with Crippen LogP contribution < -0.4 is 10.8 Å². The molecule has 3 N–H and O–H groups in total. The molecule has 0 aromatic rings. The third-order valence-electron chi connectivity index (χ3n) is 1.17. The molecule has 11 heavy (non-hydrogen) atoms. The van der Waals surface area contributed by atoms with E-state index in [1.807, 2.05) is 0 Å². The van der Waals surface area contributed by atoms with E-state index in [2.05, 4.69) is 5.32 Å². The molecule has 0 aliphatic carbocycles. The van der Waals surface area contributed by atoms with Crippen molar-refractivity contribution in [1.29, 1.82) is 0 Å². The van der Waals surface area contributed by atoms with Crippen molar-refractivity contribution in [3.05, 3.63) is 36.2 Å². The zero-order chi connectivity index (χ0) is 8.10. The highest BCUT2D eigenvalue weighted by Crippen LogP contribution is 1.94. The Balaban J connectivity index is 2.72. The molecule has 0 radical (unpaired) electrons. The Labute approximate surface area is 63.9 Å². The second kappa shape index (κ2) is 3.58. The Hall–Kier alpha value is -1.55. The van der Waals surface area contributed by atoms with Crippen molar-refractivity contribution < 1.29 is 10.0 Å². The molecule has 4 nitrogen and oxygen atoms in total. The van der Waals surface area contributed by atoms with Gasteiger partial charge in [0.25, 0.3) is 5.91 Å². The Morgan fingerprint density at radius 3 is 3.00 bits per heavy atom. The zero-order valence-electron chi connectivity index (χ0n) is 5.74. The van der Waals surface area contributed by atoms with E-state index in [-0.39, 0.29) is 0 Å². The number of hydrogen-bond acceptors (Lipinski definition) is 3. The summed E-state index contributed by atoms with van der Waals surface area (Å²) in [6.45, 7) is 0. The van der Waals surface area contributed by atoms with E-state index in [4.69, 9.17) is 5.21 Å². The van der Waals surface area contributed by atoms with E-state index >= 15 is 0 Å². The molecular formula is C7H8N2O2. The Morgan fingerprint density at radius 2 is 2.27 bits per heavy atom. The summed E-state index contributed by atoms with van der Waals surface area (Å²) in [7, 11) is 0. The van der Waals surface area contributed by atoms with Crippen LogP contribution in [-0.4, -0.2) is 11.1 Å². The summed E-state index contributed by atoms with van der Waals surface area (Å²) in [5.41, 5.74) is 1.83. The molecule has 0 spiro atoms. The van der Waals surface area contributed by atoms with Crippen molar-refractivity contribution in [1.82, 2.24) is 10.8 Å². The quantitative estimate of drug-likeness (QED) is 0.367. The summed E-state index contributed by atoms with van der Waals surface area (Å²) in [6, 6.07) is 0. The van der Waals surface area contributed by atoms with Gasteiger partial charge < -0.3 is 5.32 Å². The molecule has 1 amide bonds. The number of hydroxylamine groups is 1. The third-order valence-corrected chi connectivity index (χ3v) is 1.17. The second-order valence-electron chi connectivity index (χ2n) is 1.91. The summed E-state index contributed by atoms with van der Waals surface area (Å²) in [4.78, 5) is 10.8. The average molecular weight is 152 g/mol.